The van der Waals surface area contributed by atoms with Crippen molar-refractivity contribution in [2.45, 2.75) is 161 Å². The third kappa shape index (κ3) is 15.4. The molecule has 5 rings (SSSR count). The number of likely N-dealkylation sites (N-methyl/N-ethyl adjacent to an activating group) is 2. The van der Waals surface area contributed by atoms with Crippen molar-refractivity contribution in [3.63, 3.8) is 0 Å². The Balaban J connectivity index is 1.70. The van der Waals surface area contributed by atoms with Crippen LogP contribution in [0, 0.1) is 27.9 Å². The van der Waals surface area contributed by atoms with E-state index < -0.39 is 118 Å². The van der Waals surface area contributed by atoms with Gasteiger partial charge in [0.15, 0.2) is 12.0 Å². The molecule has 428 valence electrons. The van der Waals surface area contributed by atoms with Gasteiger partial charge >= 0.3 is 5.69 Å². The van der Waals surface area contributed by atoms with E-state index in [4.69, 9.17) is 14.2 Å². The maximum absolute atomic E-state index is 15.4. The van der Waals surface area contributed by atoms with Gasteiger partial charge in [0.25, 0.3) is 0 Å². The van der Waals surface area contributed by atoms with Gasteiger partial charge in [0.2, 0.25) is 41.4 Å². The Morgan fingerprint density at radius 3 is 1.90 bits per heavy atom. The van der Waals surface area contributed by atoms with Crippen LogP contribution in [0.3, 0.4) is 0 Å². The zero-order valence-electron chi connectivity index (χ0n) is 47.3. The Morgan fingerprint density at radius 2 is 1.31 bits per heavy atom. The van der Waals surface area contributed by atoms with Gasteiger partial charge in [-0.15, -0.1) is 0 Å². The van der Waals surface area contributed by atoms with E-state index in [9.17, 15) is 44.0 Å². The fourth-order valence-corrected chi connectivity index (χ4v) is 10.1. The maximum Gasteiger partial charge on any atom is 0.310 e. The summed E-state index contributed by atoms with van der Waals surface area (Å²) in [6.07, 6.45) is 4.09. The normalized spacial score (nSPS) is 24.3. The molecule has 9 atom stereocenters. The molecule has 2 aliphatic heterocycles. The Morgan fingerprint density at radius 1 is 0.756 bits per heavy atom. The monoisotopic (exact) mass is 1090 g/mol. The first kappa shape index (κ1) is 61.9. The number of fused-ring (bicyclic) bond motifs is 1. The second-order valence-corrected chi connectivity index (χ2v) is 22.0. The molecule has 0 spiro atoms. The molecule has 1 aromatic heterocycles. The number of allylic oxidation sites excluding steroid dienone is 1. The Labute approximate surface area is 456 Å². The summed E-state index contributed by atoms with van der Waals surface area (Å²) >= 11 is 0. The van der Waals surface area contributed by atoms with E-state index in [1.807, 2.05) is 72.0 Å². The van der Waals surface area contributed by atoms with Crippen molar-refractivity contribution in [3.05, 3.63) is 82.1 Å². The molecule has 78 heavy (non-hydrogen) atoms. The number of rotatable bonds is 18. The molecule has 2 fully saturated rings. The summed E-state index contributed by atoms with van der Waals surface area (Å²) in [6, 6.07) is 1.79. The fraction of sp³-hybridized carbons (Fsp3) is 0.589. The number of carbonyl (C=O) groups is 7. The van der Waals surface area contributed by atoms with Crippen molar-refractivity contribution in [3.8, 4) is 5.75 Å². The zero-order chi connectivity index (χ0) is 57.9. The first-order valence-electron chi connectivity index (χ1n) is 26.6. The average Bonchev–Trinajstić information content (AvgIpc) is 4.20. The van der Waals surface area contributed by atoms with Crippen LogP contribution < -0.4 is 26.6 Å². The third-order valence-electron chi connectivity index (χ3n) is 14.6. The Hall–Kier alpha value is -6.91. The number of epoxide rings is 1. The van der Waals surface area contributed by atoms with Crippen LogP contribution >= 0.6 is 0 Å². The van der Waals surface area contributed by atoms with Crippen LogP contribution in [-0.4, -0.2) is 155 Å². The molecule has 2 aliphatic rings. The van der Waals surface area contributed by atoms with Crippen molar-refractivity contribution in [2.24, 2.45) is 17.8 Å². The van der Waals surface area contributed by atoms with Crippen molar-refractivity contribution in [1.82, 2.24) is 41.0 Å². The van der Waals surface area contributed by atoms with Crippen LogP contribution in [0.25, 0.3) is 10.9 Å². The lowest BCUT2D eigenvalue weighted by atomic mass is 9.97. The topological polar surface area (TPSA) is 285 Å². The maximum atomic E-state index is 15.4. The number of aromatic nitrogens is 1. The van der Waals surface area contributed by atoms with E-state index in [1.54, 1.807) is 26.0 Å². The van der Waals surface area contributed by atoms with Crippen LogP contribution in [-0.2, 0) is 66.2 Å². The molecule has 0 saturated carbocycles. The van der Waals surface area contributed by atoms with Crippen molar-refractivity contribution < 1.29 is 57.8 Å². The van der Waals surface area contributed by atoms with Crippen LogP contribution in [0.2, 0.25) is 0 Å². The predicted molar refractivity (Wildman–Crippen MR) is 292 cm³/mol. The van der Waals surface area contributed by atoms with Gasteiger partial charge in [-0.25, -0.2) is 0 Å². The number of methoxy groups -OCH3 is 2. The fourth-order valence-electron chi connectivity index (χ4n) is 10.1. The highest BCUT2D eigenvalue weighted by molar-refractivity contribution is 5.99. The minimum atomic E-state index is -1.54. The van der Waals surface area contributed by atoms with E-state index in [-0.39, 0.29) is 62.0 Å². The highest BCUT2D eigenvalue weighted by Crippen LogP contribution is 2.36. The average molecular weight is 1090 g/mol. The molecule has 0 bridgehead atoms. The number of nitro groups is 1. The van der Waals surface area contributed by atoms with E-state index in [0.29, 0.717) is 12.2 Å². The first-order chi connectivity index (χ1) is 36.7. The Kier molecular flexibility index (Phi) is 21.5. The van der Waals surface area contributed by atoms with Gasteiger partial charge < -0.3 is 60.3 Å². The highest BCUT2D eigenvalue weighted by Gasteiger charge is 2.43. The molecule has 22 heteroatoms. The summed E-state index contributed by atoms with van der Waals surface area (Å²) in [5.74, 6) is -6.82. The molecule has 2 aromatic carbocycles. The van der Waals surface area contributed by atoms with Gasteiger partial charge in [-0.3, -0.25) is 43.7 Å². The lowest BCUT2D eigenvalue weighted by Crippen LogP contribution is -2.60. The SMILES string of the molecule is C/C=C/C[C@@H]1NC(=O)[C@H](CC(C)C)NC(=O)[C@H](CC(C)C(OC)OC)N(C)C(=O)[C@H](C)NC(=O)[C@H](Cc2ccc(O)c([N+](=O)[O-])c2)NC(=O)[C@H](CC(C)C)N(C)C(=O)[C@H](Cc2cn(C(C)(C)[C@H]3CO3)c3ccccc23)NC1=O. The number of aromatic hydroxyl groups is 1. The molecule has 7 amide bonds. The number of nitrogens with one attached hydrogen (secondary N) is 5. The number of phenolic OH excluding ortho intramolecular Hbond substituents is 1. The van der Waals surface area contributed by atoms with Gasteiger partial charge in [0.1, 0.15) is 48.4 Å². The number of nitro benzene ring substituents is 1. The summed E-state index contributed by atoms with van der Waals surface area (Å²) in [5, 5.41) is 37.1. The lowest BCUT2D eigenvalue weighted by Gasteiger charge is -2.34. The second kappa shape index (κ2) is 27.1. The predicted octanol–water partition coefficient (Wildman–Crippen LogP) is 3.99. The molecule has 2 saturated heterocycles. The molecule has 0 aliphatic carbocycles. The van der Waals surface area contributed by atoms with Crippen molar-refractivity contribution in [1.29, 1.82) is 0 Å². The number of amides is 7. The third-order valence-corrected chi connectivity index (χ3v) is 14.6. The van der Waals surface area contributed by atoms with E-state index in [1.165, 1.54) is 46.2 Å². The summed E-state index contributed by atoms with van der Waals surface area (Å²) in [5.41, 5.74) is 0.544. The minimum Gasteiger partial charge on any atom is -0.502 e. The molecule has 0 radical (unpaired) electrons. The first-order valence-corrected chi connectivity index (χ1v) is 26.6. The van der Waals surface area contributed by atoms with Gasteiger partial charge in [-0.1, -0.05) is 71.0 Å². The second-order valence-electron chi connectivity index (χ2n) is 22.0. The zero-order valence-corrected chi connectivity index (χ0v) is 47.3. The lowest BCUT2D eigenvalue weighted by molar-refractivity contribution is -0.385. The number of phenols is 1. The number of hydrogen-bond acceptors (Lipinski definition) is 13. The van der Waals surface area contributed by atoms with Gasteiger partial charge in [-0.05, 0) is 88.5 Å². The summed E-state index contributed by atoms with van der Waals surface area (Å²) < 4.78 is 18.9. The largest absolute Gasteiger partial charge is 0.502 e. The molecule has 3 aromatic rings. The van der Waals surface area contributed by atoms with Gasteiger partial charge in [-0.2, -0.15) is 0 Å². The quantitative estimate of drug-likeness (QED) is 0.0346. The summed E-state index contributed by atoms with van der Waals surface area (Å²) in [6.45, 7) is 16.9. The number of nitrogens with zero attached hydrogens (tertiary/aromatic N) is 4. The number of hydrogen-bond donors (Lipinski definition) is 6. The number of benzene rings is 2. The highest BCUT2D eigenvalue weighted by atomic mass is 16.7. The smallest absolute Gasteiger partial charge is 0.310 e. The molecular weight excluding hydrogens is 1010 g/mol. The van der Waals surface area contributed by atoms with Gasteiger partial charge in [0, 0.05) is 70.2 Å². The van der Waals surface area contributed by atoms with Crippen LogP contribution in [0.15, 0.2) is 60.8 Å². The number of carbonyl (C=O) groups excluding carboxylic acids is 7. The molecule has 1 unspecified atom stereocenters. The number of para-hydroxylation sites is 1. The van der Waals surface area contributed by atoms with Crippen molar-refractivity contribution in [2.75, 3.05) is 34.9 Å². The molecule has 6 N–H and O–H groups in total. The number of ether oxygens (including phenoxy) is 3. The standard InChI is InChI=1S/C56H81N9O13/c1-14-15-19-38-48(67)61-41(28-36-29-64(56(8,9)47-30-78-47)42-20-17-16-18-37(36)42)54(73)63(11)44(24-32(4)5)51(70)60-40(26-35-21-22-46(66)43(27-35)65(74)75)49(68)57-34(7)53(72)62(10)45(25-33(6)55(76-12)77-13)52(71)59-39(23-31(2)3)50(69)58-38/h14-18,20-22,27,29,31-34,38-41,44-45,47,55,66H,19,23-26,28,30H2,1-13H3,(H,57,68)(H,58,69)(H,59,71)(H,60,70)(H,61,67)/b15-14+/t33?,34-,38-,39-,40-,41-,44-,45-,47+/m0/s1. The van der Waals surface area contributed by atoms with Crippen LogP contribution in [0.4, 0.5) is 5.69 Å². The van der Waals surface area contributed by atoms with Crippen molar-refractivity contribution >= 4 is 57.9 Å². The molecule has 22 nitrogen and oxygen atoms in total. The van der Waals surface area contributed by atoms with Gasteiger partial charge in [0.05, 0.1) is 17.1 Å². The molecular formula is C56H81N9O13. The summed E-state index contributed by atoms with van der Waals surface area (Å²) in [4.78, 5) is 117. The van der Waals surface area contributed by atoms with E-state index in [0.717, 1.165) is 27.9 Å². The van der Waals surface area contributed by atoms with Crippen LogP contribution in [0.5, 0.6) is 5.75 Å². The van der Waals surface area contributed by atoms with E-state index in [2.05, 4.69) is 31.2 Å². The summed E-state index contributed by atoms with van der Waals surface area (Å²) in [7, 11) is 5.64. The minimum absolute atomic E-state index is 0.0161. The Bertz CT molecular complexity index is 2680. The van der Waals surface area contributed by atoms with Crippen LogP contribution in [0.1, 0.15) is 99.1 Å². The van der Waals surface area contributed by atoms with E-state index >= 15 is 4.79 Å². The molecule has 3 heterocycles.